The third kappa shape index (κ3) is 2.01. The summed E-state index contributed by atoms with van der Waals surface area (Å²) >= 11 is 0. The Kier molecular flexibility index (Phi) is 2.37. The highest BCUT2D eigenvalue weighted by atomic mass is 15.3. The molecule has 0 N–H and O–H groups in total. The molecule has 0 aromatic carbocycles. The summed E-state index contributed by atoms with van der Waals surface area (Å²) in [5, 5.41) is 4.25. The van der Waals surface area contributed by atoms with Gasteiger partial charge in [0, 0.05) is 31.2 Å². The molecule has 4 nitrogen and oxygen atoms in total. The minimum Gasteiger partial charge on any atom is -0.356 e. The Morgan fingerprint density at radius 2 is 2.11 bits per heavy atom. The normalized spacial score (nSPS) is 24.6. The van der Waals surface area contributed by atoms with E-state index >= 15 is 0 Å². The zero-order valence-electron chi connectivity index (χ0n) is 11.2. The van der Waals surface area contributed by atoms with Crippen LogP contribution >= 0.6 is 0 Å². The maximum absolute atomic E-state index is 4.78. The Labute approximate surface area is 113 Å². The first-order chi connectivity index (χ1) is 9.29. The van der Waals surface area contributed by atoms with Crippen LogP contribution in [-0.4, -0.2) is 27.9 Å². The van der Waals surface area contributed by atoms with E-state index in [9.17, 15) is 0 Å². The smallest absolute Gasteiger partial charge is 0.128 e. The summed E-state index contributed by atoms with van der Waals surface area (Å²) in [6.07, 6.45) is 5.24. The number of anilines is 1. The lowest BCUT2D eigenvalue weighted by molar-refractivity contribution is 0.680. The second kappa shape index (κ2) is 4.08. The molecule has 1 saturated heterocycles. The number of piperidine rings is 1. The van der Waals surface area contributed by atoms with Crippen LogP contribution < -0.4 is 4.90 Å². The van der Waals surface area contributed by atoms with Crippen LogP contribution in [0.1, 0.15) is 17.7 Å². The number of aromatic nitrogens is 3. The van der Waals surface area contributed by atoms with Crippen LogP contribution in [-0.2, 0) is 6.54 Å². The van der Waals surface area contributed by atoms with Crippen LogP contribution in [0.25, 0.3) is 0 Å². The van der Waals surface area contributed by atoms with E-state index in [0.717, 1.165) is 29.9 Å². The molecule has 1 saturated carbocycles. The van der Waals surface area contributed by atoms with Crippen LogP contribution in [0, 0.1) is 18.8 Å². The largest absolute Gasteiger partial charge is 0.356 e. The average Bonchev–Trinajstić information content (AvgIpc) is 2.82. The summed E-state index contributed by atoms with van der Waals surface area (Å²) in [5.41, 5.74) is 2.37. The third-order valence-corrected chi connectivity index (χ3v) is 4.37. The van der Waals surface area contributed by atoms with Crippen molar-refractivity contribution < 1.29 is 0 Å². The lowest BCUT2D eigenvalue weighted by Crippen LogP contribution is -2.23. The van der Waals surface area contributed by atoms with E-state index in [2.05, 4.69) is 29.1 Å². The fraction of sp³-hybridized carbons (Fsp3) is 0.467. The van der Waals surface area contributed by atoms with Gasteiger partial charge in [0.25, 0.3) is 0 Å². The van der Waals surface area contributed by atoms with Crippen LogP contribution in [0.2, 0.25) is 0 Å². The van der Waals surface area contributed by atoms with Gasteiger partial charge in [-0.05, 0) is 42.9 Å². The van der Waals surface area contributed by atoms with Gasteiger partial charge in [0.05, 0.1) is 6.54 Å². The summed E-state index contributed by atoms with van der Waals surface area (Å²) in [7, 11) is 0. The maximum Gasteiger partial charge on any atom is 0.128 e. The maximum atomic E-state index is 4.78. The van der Waals surface area contributed by atoms with Crippen molar-refractivity contribution in [1.82, 2.24) is 14.8 Å². The highest BCUT2D eigenvalue weighted by Gasteiger charge is 2.45. The molecule has 2 aromatic rings. The number of pyridine rings is 1. The number of rotatable bonds is 3. The lowest BCUT2D eigenvalue weighted by atomic mass is 10.2. The van der Waals surface area contributed by atoms with Gasteiger partial charge in [-0.2, -0.15) is 5.10 Å². The van der Waals surface area contributed by atoms with Gasteiger partial charge in [-0.3, -0.25) is 4.68 Å². The Balaban J connectivity index is 1.54. The summed E-state index contributed by atoms with van der Waals surface area (Å²) < 4.78 is 1.94. The number of nitrogens with zero attached hydrogens (tertiary/aromatic N) is 4. The van der Waals surface area contributed by atoms with Gasteiger partial charge in [0.2, 0.25) is 0 Å². The zero-order valence-corrected chi connectivity index (χ0v) is 11.2. The van der Waals surface area contributed by atoms with Crippen LogP contribution in [0.15, 0.2) is 30.6 Å². The highest BCUT2D eigenvalue weighted by Crippen LogP contribution is 2.45. The van der Waals surface area contributed by atoms with Crippen molar-refractivity contribution in [2.75, 3.05) is 18.0 Å². The number of hydrogen-bond acceptors (Lipinski definition) is 3. The van der Waals surface area contributed by atoms with Gasteiger partial charge < -0.3 is 4.90 Å². The summed E-state index contributed by atoms with van der Waals surface area (Å²) in [5.74, 6) is 3.05. The molecule has 19 heavy (non-hydrogen) atoms. The molecule has 1 aliphatic carbocycles. The molecule has 2 aliphatic rings. The molecule has 2 atom stereocenters. The standard InChI is InChI=1S/C15H18N4/c1-11-12(10-19-6-2-5-16-19)3-4-15(17-11)18-8-13-7-14(13)9-18/h2-6,13-14H,7-10H2,1H3. The first-order valence-corrected chi connectivity index (χ1v) is 6.98. The van der Waals surface area contributed by atoms with E-state index in [1.165, 1.54) is 25.1 Å². The molecule has 1 aliphatic heterocycles. The predicted molar refractivity (Wildman–Crippen MR) is 74.1 cm³/mol. The minimum absolute atomic E-state index is 0.803. The second-order valence-electron chi connectivity index (χ2n) is 5.78. The van der Waals surface area contributed by atoms with Gasteiger partial charge in [-0.1, -0.05) is 6.07 Å². The van der Waals surface area contributed by atoms with Crippen molar-refractivity contribution in [2.24, 2.45) is 11.8 Å². The van der Waals surface area contributed by atoms with E-state index < -0.39 is 0 Å². The van der Waals surface area contributed by atoms with Crippen molar-refractivity contribution in [2.45, 2.75) is 19.9 Å². The Bertz CT molecular complexity index is 580. The quantitative estimate of drug-likeness (QED) is 0.841. The van der Waals surface area contributed by atoms with Crippen molar-refractivity contribution in [3.63, 3.8) is 0 Å². The van der Waals surface area contributed by atoms with E-state index in [1.807, 2.05) is 23.1 Å². The average molecular weight is 254 g/mol. The molecule has 4 rings (SSSR count). The molecule has 0 spiro atoms. The Morgan fingerprint density at radius 3 is 2.79 bits per heavy atom. The van der Waals surface area contributed by atoms with Crippen molar-refractivity contribution in [3.8, 4) is 0 Å². The van der Waals surface area contributed by atoms with Gasteiger partial charge in [-0.25, -0.2) is 4.98 Å². The van der Waals surface area contributed by atoms with Crippen molar-refractivity contribution >= 4 is 5.82 Å². The SMILES string of the molecule is Cc1nc(N2CC3CC3C2)ccc1Cn1cccn1. The zero-order chi connectivity index (χ0) is 12.8. The predicted octanol–water partition coefficient (Wildman–Crippen LogP) is 2.09. The fourth-order valence-corrected chi connectivity index (χ4v) is 3.07. The highest BCUT2D eigenvalue weighted by molar-refractivity contribution is 5.44. The van der Waals surface area contributed by atoms with Gasteiger partial charge in [-0.15, -0.1) is 0 Å². The summed E-state index contributed by atoms with van der Waals surface area (Å²) in [4.78, 5) is 7.21. The summed E-state index contributed by atoms with van der Waals surface area (Å²) in [6.45, 7) is 5.31. The third-order valence-electron chi connectivity index (χ3n) is 4.37. The number of hydrogen-bond donors (Lipinski definition) is 0. The van der Waals surface area contributed by atoms with Crippen LogP contribution in [0.5, 0.6) is 0 Å². The van der Waals surface area contributed by atoms with Gasteiger partial charge in [0.15, 0.2) is 0 Å². The molecule has 2 fully saturated rings. The molecule has 0 amide bonds. The molecular weight excluding hydrogens is 236 g/mol. The molecule has 3 heterocycles. The second-order valence-corrected chi connectivity index (χ2v) is 5.78. The van der Waals surface area contributed by atoms with E-state index in [-0.39, 0.29) is 0 Å². The van der Waals surface area contributed by atoms with E-state index in [1.54, 1.807) is 0 Å². The minimum atomic E-state index is 0.803. The first-order valence-electron chi connectivity index (χ1n) is 6.98. The van der Waals surface area contributed by atoms with Gasteiger partial charge >= 0.3 is 0 Å². The molecule has 0 bridgehead atoms. The Morgan fingerprint density at radius 1 is 1.26 bits per heavy atom. The molecule has 0 radical (unpaired) electrons. The van der Waals surface area contributed by atoms with Crippen molar-refractivity contribution in [1.29, 1.82) is 0 Å². The molecule has 98 valence electrons. The number of aryl methyl sites for hydroxylation is 1. The first kappa shape index (κ1) is 11.0. The molecular formula is C15H18N4. The number of fused-ring (bicyclic) bond motifs is 1. The summed E-state index contributed by atoms with van der Waals surface area (Å²) in [6, 6.07) is 6.31. The van der Waals surface area contributed by atoms with Crippen LogP contribution in [0.4, 0.5) is 5.82 Å². The lowest BCUT2D eigenvalue weighted by Gasteiger charge is -2.20. The Hall–Kier alpha value is -1.84. The van der Waals surface area contributed by atoms with Gasteiger partial charge in [0.1, 0.15) is 5.82 Å². The van der Waals surface area contributed by atoms with Crippen molar-refractivity contribution in [3.05, 3.63) is 41.9 Å². The van der Waals surface area contributed by atoms with E-state index in [0.29, 0.717) is 0 Å². The molecule has 2 aromatic heterocycles. The topological polar surface area (TPSA) is 34.0 Å². The molecule has 2 unspecified atom stereocenters. The van der Waals surface area contributed by atoms with E-state index in [4.69, 9.17) is 4.98 Å². The fourth-order valence-electron chi connectivity index (χ4n) is 3.07. The molecule has 4 heteroatoms. The monoisotopic (exact) mass is 254 g/mol. The van der Waals surface area contributed by atoms with Crippen LogP contribution in [0.3, 0.4) is 0 Å².